The molecule has 29 heavy (non-hydrogen) atoms. The molecule has 0 fully saturated rings. The van der Waals surface area contributed by atoms with E-state index in [1.165, 1.54) is 18.2 Å². The number of hydrogen-bond acceptors (Lipinski definition) is 7. The van der Waals surface area contributed by atoms with Gasteiger partial charge in [0.1, 0.15) is 17.2 Å². The topological polar surface area (TPSA) is 117 Å². The molecule has 0 bridgehead atoms. The summed E-state index contributed by atoms with van der Waals surface area (Å²) < 4.78 is 5.95. The molecule has 1 atom stereocenters. The molecule has 1 aliphatic heterocycles. The number of hydrazone groups is 1. The van der Waals surface area contributed by atoms with E-state index in [2.05, 4.69) is 10.5 Å². The highest BCUT2D eigenvalue weighted by atomic mass is 16.6. The van der Waals surface area contributed by atoms with Crippen molar-refractivity contribution in [3.8, 4) is 17.2 Å². The molecule has 0 aliphatic carbocycles. The van der Waals surface area contributed by atoms with Gasteiger partial charge >= 0.3 is 0 Å². The second kappa shape index (κ2) is 7.51. The highest BCUT2D eigenvalue weighted by molar-refractivity contribution is 5.88. The van der Waals surface area contributed by atoms with Crippen molar-refractivity contribution >= 4 is 17.3 Å². The number of nitro benzene ring substituents is 1. The maximum absolute atomic E-state index is 10.8. The molecule has 0 amide bonds. The summed E-state index contributed by atoms with van der Waals surface area (Å²) in [5.74, 6) is 0.947. The molecule has 3 aromatic carbocycles. The van der Waals surface area contributed by atoms with Gasteiger partial charge in [0.2, 0.25) is 5.90 Å². The van der Waals surface area contributed by atoms with Crippen molar-refractivity contribution < 1.29 is 19.9 Å². The predicted molar refractivity (Wildman–Crippen MR) is 107 cm³/mol. The summed E-state index contributed by atoms with van der Waals surface area (Å²) in [7, 11) is 0. The SMILES string of the molecule is O=[N+]([O-])c1ccc(NN=C2Oc3cc(O)ccc3CC2c2ccc(O)cc2)cc1. The highest BCUT2D eigenvalue weighted by Gasteiger charge is 2.28. The average molecular weight is 391 g/mol. The van der Waals surface area contributed by atoms with E-state index in [0.717, 1.165) is 11.1 Å². The minimum absolute atomic E-state index is 0.0107. The Kier molecular flexibility index (Phi) is 4.74. The van der Waals surface area contributed by atoms with E-state index in [1.807, 2.05) is 0 Å². The molecule has 8 heteroatoms. The van der Waals surface area contributed by atoms with Crippen LogP contribution in [-0.4, -0.2) is 21.0 Å². The molecule has 1 aliphatic rings. The largest absolute Gasteiger partial charge is 0.508 e. The van der Waals surface area contributed by atoms with E-state index >= 15 is 0 Å². The fraction of sp³-hybridized carbons (Fsp3) is 0.0952. The Hall–Kier alpha value is -4.07. The molecular formula is C21H17N3O5. The van der Waals surface area contributed by atoms with Crippen LogP contribution in [0.25, 0.3) is 0 Å². The van der Waals surface area contributed by atoms with Crippen molar-refractivity contribution in [3.05, 3.63) is 88.0 Å². The molecule has 146 valence electrons. The van der Waals surface area contributed by atoms with Crippen molar-refractivity contribution in [1.82, 2.24) is 0 Å². The third-order valence-corrected chi connectivity index (χ3v) is 4.66. The lowest BCUT2D eigenvalue weighted by molar-refractivity contribution is -0.384. The Morgan fingerprint density at radius 3 is 2.38 bits per heavy atom. The van der Waals surface area contributed by atoms with Crippen LogP contribution < -0.4 is 10.2 Å². The molecule has 0 spiro atoms. The Bertz CT molecular complexity index is 1080. The maximum atomic E-state index is 10.8. The summed E-state index contributed by atoms with van der Waals surface area (Å²) in [5, 5.41) is 34.5. The fourth-order valence-corrected chi connectivity index (χ4v) is 3.14. The van der Waals surface area contributed by atoms with Gasteiger partial charge < -0.3 is 14.9 Å². The fourth-order valence-electron chi connectivity index (χ4n) is 3.14. The van der Waals surface area contributed by atoms with Gasteiger partial charge in [-0.2, -0.15) is 0 Å². The van der Waals surface area contributed by atoms with Crippen LogP contribution in [0.2, 0.25) is 0 Å². The monoisotopic (exact) mass is 391 g/mol. The van der Waals surface area contributed by atoms with E-state index in [1.54, 1.807) is 48.5 Å². The number of nitrogens with one attached hydrogen (secondary N) is 1. The Balaban J connectivity index is 1.65. The van der Waals surface area contributed by atoms with Crippen LogP contribution in [0, 0.1) is 10.1 Å². The van der Waals surface area contributed by atoms with Gasteiger partial charge in [0.15, 0.2) is 0 Å². The second-order valence-corrected chi connectivity index (χ2v) is 6.61. The first-order valence-corrected chi connectivity index (χ1v) is 8.86. The smallest absolute Gasteiger partial charge is 0.269 e. The first-order valence-electron chi connectivity index (χ1n) is 8.86. The van der Waals surface area contributed by atoms with E-state index in [9.17, 15) is 20.3 Å². The number of nitro groups is 1. The molecule has 0 radical (unpaired) electrons. The van der Waals surface area contributed by atoms with Gasteiger partial charge in [-0.05, 0) is 47.9 Å². The number of benzene rings is 3. The van der Waals surface area contributed by atoms with Crippen LogP contribution in [0.3, 0.4) is 0 Å². The zero-order valence-electron chi connectivity index (χ0n) is 15.1. The van der Waals surface area contributed by atoms with Crippen LogP contribution in [0.5, 0.6) is 17.2 Å². The third-order valence-electron chi connectivity index (χ3n) is 4.66. The van der Waals surface area contributed by atoms with Gasteiger partial charge in [0.05, 0.1) is 16.5 Å². The normalized spacial score (nSPS) is 16.7. The van der Waals surface area contributed by atoms with Crippen molar-refractivity contribution in [1.29, 1.82) is 0 Å². The summed E-state index contributed by atoms with van der Waals surface area (Å²) in [4.78, 5) is 10.3. The van der Waals surface area contributed by atoms with Crippen LogP contribution in [-0.2, 0) is 6.42 Å². The molecule has 3 N–H and O–H groups in total. The second-order valence-electron chi connectivity index (χ2n) is 6.61. The van der Waals surface area contributed by atoms with Gasteiger partial charge in [-0.25, -0.2) is 0 Å². The summed E-state index contributed by atoms with van der Waals surface area (Å²) in [5.41, 5.74) is 5.26. The maximum Gasteiger partial charge on any atom is 0.269 e. The number of ether oxygens (including phenoxy) is 1. The molecule has 8 nitrogen and oxygen atoms in total. The first kappa shape index (κ1) is 18.3. The van der Waals surface area contributed by atoms with Crippen molar-refractivity contribution in [3.63, 3.8) is 0 Å². The summed E-state index contributed by atoms with van der Waals surface area (Å²) >= 11 is 0. The van der Waals surface area contributed by atoms with Crippen molar-refractivity contribution in [2.24, 2.45) is 5.10 Å². The molecular weight excluding hydrogens is 374 g/mol. The Morgan fingerprint density at radius 1 is 1.00 bits per heavy atom. The standard InChI is InChI=1S/C21H17N3O5/c25-17-8-1-13(2-9-17)19-11-14-3-10-18(26)12-20(14)29-21(19)23-22-15-4-6-16(7-5-15)24(27)28/h1-10,12,19,22,25-26H,11H2. The van der Waals surface area contributed by atoms with Crippen molar-refractivity contribution in [2.75, 3.05) is 5.43 Å². The summed E-state index contributed by atoms with van der Waals surface area (Å²) in [6.45, 7) is 0. The number of nitrogens with zero attached hydrogens (tertiary/aromatic N) is 2. The molecule has 4 rings (SSSR count). The highest BCUT2D eigenvalue weighted by Crippen LogP contribution is 2.36. The molecule has 3 aromatic rings. The molecule has 0 aromatic heterocycles. The zero-order chi connectivity index (χ0) is 20.4. The Morgan fingerprint density at radius 2 is 1.69 bits per heavy atom. The van der Waals surface area contributed by atoms with Crippen LogP contribution in [0.1, 0.15) is 17.0 Å². The number of non-ortho nitro benzene ring substituents is 1. The minimum atomic E-state index is -0.468. The molecule has 0 saturated carbocycles. The zero-order valence-corrected chi connectivity index (χ0v) is 15.1. The number of phenolic OH excluding ortho intramolecular Hbond substituents is 2. The van der Waals surface area contributed by atoms with Crippen molar-refractivity contribution in [2.45, 2.75) is 12.3 Å². The quantitative estimate of drug-likeness (QED) is 0.454. The first-order chi connectivity index (χ1) is 14.0. The lowest BCUT2D eigenvalue weighted by atomic mass is 9.89. The average Bonchev–Trinajstić information content (AvgIpc) is 2.72. The summed E-state index contributed by atoms with van der Waals surface area (Å²) in [6.07, 6.45) is 0.598. The molecule has 1 unspecified atom stereocenters. The van der Waals surface area contributed by atoms with Gasteiger partial charge in [0.25, 0.3) is 5.69 Å². The van der Waals surface area contributed by atoms with Crippen LogP contribution >= 0.6 is 0 Å². The number of hydrogen-bond donors (Lipinski definition) is 3. The number of rotatable bonds is 4. The lowest BCUT2D eigenvalue weighted by Crippen LogP contribution is -2.27. The lowest BCUT2D eigenvalue weighted by Gasteiger charge is -2.27. The predicted octanol–water partition coefficient (Wildman–Crippen LogP) is 4.15. The number of fused-ring (bicyclic) bond motifs is 1. The number of anilines is 1. The van der Waals surface area contributed by atoms with E-state index < -0.39 is 4.92 Å². The van der Waals surface area contributed by atoms with Gasteiger partial charge in [-0.1, -0.05) is 18.2 Å². The van der Waals surface area contributed by atoms with Crippen LogP contribution in [0.4, 0.5) is 11.4 Å². The van der Waals surface area contributed by atoms with E-state index in [4.69, 9.17) is 4.74 Å². The van der Waals surface area contributed by atoms with E-state index in [0.29, 0.717) is 23.8 Å². The Labute approximate surface area is 165 Å². The van der Waals surface area contributed by atoms with Gasteiger partial charge in [0, 0.05) is 18.2 Å². The van der Waals surface area contributed by atoms with Gasteiger partial charge in [-0.3, -0.25) is 15.5 Å². The minimum Gasteiger partial charge on any atom is -0.508 e. The molecule has 1 heterocycles. The summed E-state index contributed by atoms with van der Waals surface area (Å²) in [6, 6.07) is 17.6. The van der Waals surface area contributed by atoms with Gasteiger partial charge in [-0.15, -0.1) is 5.10 Å². The third kappa shape index (κ3) is 3.96. The van der Waals surface area contributed by atoms with Crippen LogP contribution in [0.15, 0.2) is 71.8 Å². The van der Waals surface area contributed by atoms with E-state index in [-0.39, 0.29) is 23.1 Å². The number of phenols is 2. The molecule has 0 saturated heterocycles. The number of aromatic hydroxyl groups is 2.